The molecule has 1 atom stereocenters. The molecule has 0 bridgehead atoms. The SMILES string of the molecule is CCC[C@@H](NC(=O)COC(=O)Cc1c(C)nn(-c2ccccc2)c1C)c1ccccc1. The van der Waals surface area contributed by atoms with Crippen molar-refractivity contribution in [2.45, 2.75) is 46.1 Å². The average molecular weight is 420 g/mol. The molecule has 6 heteroatoms. The Kier molecular flexibility index (Phi) is 7.60. The molecule has 0 aliphatic carbocycles. The van der Waals surface area contributed by atoms with Gasteiger partial charge < -0.3 is 10.1 Å². The van der Waals surface area contributed by atoms with Crippen molar-refractivity contribution in [3.63, 3.8) is 0 Å². The van der Waals surface area contributed by atoms with Gasteiger partial charge in [0.15, 0.2) is 6.61 Å². The molecular weight excluding hydrogens is 390 g/mol. The smallest absolute Gasteiger partial charge is 0.310 e. The molecule has 0 saturated carbocycles. The highest BCUT2D eigenvalue weighted by Gasteiger charge is 2.19. The number of rotatable bonds is 9. The summed E-state index contributed by atoms with van der Waals surface area (Å²) < 4.78 is 7.08. The Labute approximate surface area is 183 Å². The van der Waals surface area contributed by atoms with Crippen LogP contribution in [0.2, 0.25) is 0 Å². The van der Waals surface area contributed by atoms with E-state index >= 15 is 0 Å². The molecule has 162 valence electrons. The molecule has 1 amide bonds. The molecule has 3 aromatic rings. The molecule has 0 fully saturated rings. The molecule has 1 heterocycles. The summed E-state index contributed by atoms with van der Waals surface area (Å²) >= 11 is 0. The lowest BCUT2D eigenvalue weighted by Crippen LogP contribution is -2.32. The summed E-state index contributed by atoms with van der Waals surface area (Å²) in [7, 11) is 0. The fourth-order valence-electron chi connectivity index (χ4n) is 3.63. The van der Waals surface area contributed by atoms with E-state index in [4.69, 9.17) is 4.74 Å². The van der Waals surface area contributed by atoms with Crippen LogP contribution in [0, 0.1) is 13.8 Å². The molecule has 0 aliphatic rings. The average Bonchev–Trinajstić information content (AvgIpc) is 3.07. The summed E-state index contributed by atoms with van der Waals surface area (Å²) in [6, 6.07) is 19.5. The van der Waals surface area contributed by atoms with E-state index in [0.29, 0.717) is 0 Å². The first-order chi connectivity index (χ1) is 15.0. The van der Waals surface area contributed by atoms with Crippen LogP contribution in [0.1, 0.15) is 48.3 Å². The fraction of sp³-hybridized carbons (Fsp3) is 0.320. The lowest BCUT2D eigenvalue weighted by Gasteiger charge is -2.18. The molecule has 31 heavy (non-hydrogen) atoms. The summed E-state index contributed by atoms with van der Waals surface area (Å²) in [6.07, 6.45) is 1.83. The molecule has 3 rings (SSSR count). The highest BCUT2D eigenvalue weighted by atomic mass is 16.5. The zero-order valence-electron chi connectivity index (χ0n) is 18.3. The van der Waals surface area contributed by atoms with Gasteiger partial charge in [-0.05, 0) is 38.0 Å². The van der Waals surface area contributed by atoms with Crippen LogP contribution in [-0.4, -0.2) is 28.3 Å². The van der Waals surface area contributed by atoms with E-state index in [-0.39, 0.29) is 25.0 Å². The monoisotopic (exact) mass is 419 g/mol. The van der Waals surface area contributed by atoms with Crippen molar-refractivity contribution < 1.29 is 14.3 Å². The minimum absolute atomic E-state index is 0.0782. The number of carbonyl (C=O) groups excluding carboxylic acids is 2. The van der Waals surface area contributed by atoms with Gasteiger partial charge in [-0.1, -0.05) is 61.9 Å². The summed E-state index contributed by atoms with van der Waals surface area (Å²) in [5, 5.41) is 7.52. The summed E-state index contributed by atoms with van der Waals surface area (Å²) in [5.41, 5.74) is 4.46. The van der Waals surface area contributed by atoms with Crippen LogP contribution in [0.3, 0.4) is 0 Å². The Morgan fingerprint density at radius 3 is 2.32 bits per heavy atom. The molecule has 6 nitrogen and oxygen atoms in total. The molecule has 1 N–H and O–H groups in total. The first-order valence-electron chi connectivity index (χ1n) is 10.6. The Balaban J connectivity index is 1.58. The van der Waals surface area contributed by atoms with Crippen LogP contribution in [-0.2, 0) is 20.7 Å². The molecule has 1 aromatic heterocycles. The Morgan fingerprint density at radius 1 is 1.03 bits per heavy atom. The van der Waals surface area contributed by atoms with Gasteiger partial charge in [-0.3, -0.25) is 9.59 Å². The molecule has 0 saturated heterocycles. The predicted octanol–water partition coefficient (Wildman–Crippen LogP) is 4.23. The van der Waals surface area contributed by atoms with E-state index < -0.39 is 5.97 Å². The second-order valence-electron chi connectivity index (χ2n) is 7.55. The lowest BCUT2D eigenvalue weighted by molar-refractivity contribution is -0.148. The van der Waals surface area contributed by atoms with Gasteiger partial charge in [0.1, 0.15) is 0 Å². The maximum atomic E-state index is 12.4. The van der Waals surface area contributed by atoms with Gasteiger partial charge >= 0.3 is 5.97 Å². The first-order valence-corrected chi connectivity index (χ1v) is 10.6. The first kappa shape index (κ1) is 22.3. The van der Waals surface area contributed by atoms with Crippen molar-refractivity contribution in [1.29, 1.82) is 0 Å². The number of nitrogens with one attached hydrogen (secondary N) is 1. The number of aryl methyl sites for hydroxylation is 1. The number of esters is 1. The zero-order chi connectivity index (χ0) is 22.2. The highest BCUT2D eigenvalue weighted by Crippen LogP contribution is 2.19. The van der Waals surface area contributed by atoms with Gasteiger partial charge in [-0.15, -0.1) is 0 Å². The van der Waals surface area contributed by atoms with Crippen molar-refractivity contribution in [2.24, 2.45) is 0 Å². The number of nitrogens with zero attached hydrogens (tertiary/aromatic N) is 2. The Morgan fingerprint density at radius 2 is 1.68 bits per heavy atom. The van der Waals surface area contributed by atoms with Crippen LogP contribution >= 0.6 is 0 Å². The molecule has 0 radical (unpaired) electrons. The van der Waals surface area contributed by atoms with Crippen LogP contribution < -0.4 is 5.32 Å². The van der Waals surface area contributed by atoms with E-state index in [1.165, 1.54) is 0 Å². The van der Waals surface area contributed by atoms with Crippen LogP contribution in [0.5, 0.6) is 0 Å². The van der Waals surface area contributed by atoms with Gasteiger partial charge in [0, 0.05) is 11.3 Å². The standard InChI is InChI=1S/C25H29N3O3/c1-4-11-23(20-12-7-5-8-13-20)26-24(29)17-31-25(30)16-22-18(2)27-28(19(22)3)21-14-9-6-10-15-21/h5-10,12-15,23H,4,11,16-17H2,1-3H3,(H,26,29)/t23-/m1/s1. The van der Waals surface area contributed by atoms with E-state index in [1.807, 2.05) is 79.2 Å². The van der Waals surface area contributed by atoms with Gasteiger partial charge in [0.05, 0.1) is 23.8 Å². The Bertz CT molecular complexity index is 1010. The van der Waals surface area contributed by atoms with Crippen LogP contribution in [0.25, 0.3) is 5.69 Å². The maximum absolute atomic E-state index is 12.4. The molecule has 0 spiro atoms. The van der Waals surface area contributed by atoms with E-state index in [9.17, 15) is 9.59 Å². The third-order valence-electron chi connectivity index (χ3n) is 5.24. The van der Waals surface area contributed by atoms with Crippen molar-refractivity contribution in [3.05, 3.63) is 83.2 Å². The van der Waals surface area contributed by atoms with E-state index in [2.05, 4.69) is 17.3 Å². The van der Waals surface area contributed by atoms with Gasteiger partial charge in [-0.25, -0.2) is 4.68 Å². The van der Waals surface area contributed by atoms with Crippen LogP contribution in [0.4, 0.5) is 0 Å². The third kappa shape index (κ3) is 5.81. The fourth-order valence-corrected chi connectivity index (χ4v) is 3.63. The molecule has 0 unspecified atom stereocenters. The quantitative estimate of drug-likeness (QED) is 0.527. The minimum atomic E-state index is -0.444. The maximum Gasteiger partial charge on any atom is 0.310 e. The molecular formula is C25H29N3O3. The minimum Gasteiger partial charge on any atom is -0.455 e. The highest BCUT2D eigenvalue weighted by molar-refractivity contribution is 5.81. The van der Waals surface area contributed by atoms with E-state index in [1.54, 1.807) is 0 Å². The number of aromatic nitrogens is 2. The lowest BCUT2D eigenvalue weighted by atomic mass is 10.0. The number of para-hydroxylation sites is 1. The summed E-state index contributed by atoms with van der Waals surface area (Å²) in [6.45, 7) is 5.58. The number of hydrogen-bond acceptors (Lipinski definition) is 4. The Hall–Kier alpha value is -3.41. The third-order valence-corrected chi connectivity index (χ3v) is 5.24. The summed E-state index contributed by atoms with van der Waals surface area (Å²) in [5.74, 6) is -0.746. The van der Waals surface area contributed by atoms with Gasteiger partial charge in [0.2, 0.25) is 0 Å². The number of carbonyl (C=O) groups is 2. The van der Waals surface area contributed by atoms with Crippen LogP contribution in [0.15, 0.2) is 60.7 Å². The van der Waals surface area contributed by atoms with Gasteiger partial charge in [-0.2, -0.15) is 5.10 Å². The normalized spacial score (nSPS) is 11.7. The second kappa shape index (κ2) is 10.6. The summed E-state index contributed by atoms with van der Waals surface area (Å²) in [4.78, 5) is 24.8. The van der Waals surface area contributed by atoms with Gasteiger partial charge in [0.25, 0.3) is 5.91 Å². The van der Waals surface area contributed by atoms with Crippen molar-refractivity contribution in [1.82, 2.24) is 15.1 Å². The molecule has 2 aromatic carbocycles. The second-order valence-corrected chi connectivity index (χ2v) is 7.55. The zero-order valence-corrected chi connectivity index (χ0v) is 18.3. The number of amides is 1. The number of benzene rings is 2. The number of hydrogen-bond donors (Lipinski definition) is 1. The van der Waals surface area contributed by atoms with Crippen molar-refractivity contribution >= 4 is 11.9 Å². The van der Waals surface area contributed by atoms with Crippen molar-refractivity contribution in [2.75, 3.05) is 6.61 Å². The predicted molar refractivity (Wildman–Crippen MR) is 120 cm³/mol. The topological polar surface area (TPSA) is 73.2 Å². The largest absolute Gasteiger partial charge is 0.455 e. The van der Waals surface area contributed by atoms with Crippen molar-refractivity contribution in [3.8, 4) is 5.69 Å². The number of ether oxygens (including phenoxy) is 1. The van der Waals surface area contributed by atoms with E-state index in [0.717, 1.165) is 41.0 Å². The molecule has 0 aliphatic heterocycles.